The number of amides is 3. The SMILES string of the molecule is NC(=O)CNC(=O)[C@H](CCC(=O)O)NC(=O)CCc1ccc(-c2ncccn2)cc1. The third kappa shape index (κ3) is 7.66. The van der Waals surface area contributed by atoms with Crippen molar-refractivity contribution in [3.8, 4) is 11.4 Å². The summed E-state index contributed by atoms with van der Waals surface area (Å²) < 4.78 is 0. The standard InChI is InChI=1S/C20H23N5O5/c21-16(26)12-24-20(30)15(7-9-18(28)29)25-17(27)8-4-13-2-5-14(6-3-13)19-22-10-1-11-23-19/h1-3,5-6,10-11,15H,4,7-9,12H2,(H2,21,26)(H,24,30)(H,25,27)(H,28,29)/t15-/m0/s1. The molecule has 0 spiro atoms. The second-order valence-corrected chi connectivity index (χ2v) is 6.51. The van der Waals surface area contributed by atoms with Gasteiger partial charge in [-0.05, 0) is 24.5 Å². The van der Waals surface area contributed by atoms with Crippen LogP contribution in [-0.2, 0) is 25.6 Å². The number of aromatic nitrogens is 2. The van der Waals surface area contributed by atoms with Crippen LogP contribution in [0.5, 0.6) is 0 Å². The van der Waals surface area contributed by atoms with Crippen LogP contribution in [-0.4, -0.2) is 51.4 Å². The summed E-state index contributed by atoms with van der Waals surface area (Å²) in [6, 6.07) is 8.10. The molecule has 0 bridgehead atoms. The van der Waals surface area contributed by atoms with Crippen molar-refractivity contribution in [2.24, 2.45) is 5.73 Å². The number of carbonyl (C=O) groups is 4. The highest BCUT2D eigenvalue weighted by Gasteiger charge is 2.21. The van der Waals surface area contributed by atoms with E-state index >= 15 is 0 Å². The Bertz CT molecular complexity index is 886. The Labute approximate surface area is 172 Å². The van der Waals surface area contributed by atoms with Gasteiger partial charge in [0.15, 0.2) is 5.82 Å². The number of aliphatic carboxylic acids is 1. The summed E-state index contributed by atoms with van der Waals surface area (Å²) in [7, 11) is 0. The number of nitrogens with two attached hydrogens (primary N) is 1. The zero-order valence-corrected chi connectivity index (χ0v) is 16.2. The van der Waals surface area contributed by atoms with Gasteiger partial charge < -0.3 is 21.5 Å². The van der Waals surface area contributed by atoms with Crippen molar-refractivity contribution in [2.75, 3.05) is 6.54 Å². The molecule has 3 amide bonds. The summed E-state index contributed by atoms with van der Waals surface area (Å²) in [5.41, 5.74) is 6.74. The molecule has 1 aromatic heterocycles. The predicted octanol–water partition coefficient (Wildman–Crippen LogP) is 0.0273. The number of carbonyl (C=O) groups excluding carboxylic acids is 3. The molecule has 0 unspecified atom stereocenters. The Kier molecular flexibility index (Phi) is 8.42. The highest BCUT2D eigenvalue weighted by molar-refractivity contribution is 5.90. The van der Waals surface area contributed by atoms with Crippen LogP contribution in [0.1, 0.15) is 24.8 Å². The molecule has 1 atom stereocenters. The molecule has 0 aliphatic carbocycles. The highest BCUT2D eigenvalue weighted by Crippen LogP contribution is 2.15. The molecule has 1 heterocycles. The second-order valence-electron chi connectivity index (χ2n) is 6.51. The first-order valence-electron chi connectivity index (χ1n) is 9.28. The maximum atomic E-state index is 12.3. The van der Waals surface area contributed by atoms with E-state index in [1.54, 1.807) is 18.5 Å². The fourth-order valence-corrected chi connectivity index (χ4v) is 2.63. The van der Waals surface area contributed by atoms with E-state index in [9.17, 15) is 19.2 Å². The molecule has 0 saturated heterocycles. The van der Waals surface area contributed by atoms with Crippen molar-refractivity contribution >= 4 is 23.7 Å². The monoisotopic (exact) mass is 413 g/mol. The van der Waals surface area contributed by atoms with E-state index in [2.05, 4.69) is 20.6 Å². The topological polar surface area (TPSA) is 164 Å². The number of primary amides is 1. The predicted molar refractivity (Wildman–Crippen MR) is 107 cm³/mol. The Morgan fingerprint density at radius 3 is 2.30 bits per heavy atom. The Morgan fingerprint density at radius 2 is 1.70 bits per heavy atom. The fourth-order valence-electron chi connectivity index (χ4n) is 2.63. The van der Waals surface area contributed by atoms with Crippen molar-refractivity contribution < 1.29 is 24.3 Å². The highest BCUT2D eigenvalue weighted by atomic mass is 16.4. The molecule has 10 nitrogen and oxygen atoms in total. The van der Waals surface area contributed by atoms with Crippen LogP contribution in [0.15, 0.2) is 42.7 Å². The Balaban J connectivity index is 1.90. The minimum atomic E-state index is -1.10. The van der Waals surface area contributed by atoms with E-state index in [0.717, 1.165) is 11.1 Å². The number of hydrogen-bond acceptors (Lipinski definition) is 6. The molecule has 0 radical (unpaired) electrons. The van der Waals surface area contributed by atoms with Crippen LogP contribution >= 0.6 is 0 Å². The molecule has 0 aliphatic rings. The Morgan fingerprint density at radius 1 is 1.03 bits per heavy atom. The molecular weight excluding hydrogens is 390 g/mol. The first-order chi connectivity index (χ1) is 14.3. The lowest BCUT2D eigenvalue weighted by atomic mass is 10.1. The number of carboxylic acids is 1. The van der Waals surface area contributed by atoms with Crippen LogP contribution < -0.4 is 16.4 Å². The molecule has 0 saturated carbocycles. The summed E-state index contributed by atoms with van der Waals surface area (Å²) in [6.45, 7) is -0.393. The van der Waals surface area contributed by atoms with E-state index in [-0.39, 0.29) is 19.3 Å². The van der Waals surface area contributed by atoms with Crippen molar-refractivity contribution in [3.63, 3.8) is 0 Å². The number of rotatable bonds is 11. The lowest BCUT2D eigenvalue weighted by molar-refractivity contribution is -0.138. The number of benzene rings is 1. The lowest BCUT2D eigenvalue weighted by Crippen LogP contribution is -2.48. The zero-order chi connectivity index (χ0) is 21.9. The first kappa shape index (κ1) is 22.5. The van der Waals surface area contributed by atoms with Crippen LogP contribution in [0, 0.1) is 0 Å². The van der Waals surface area contributed by atoms with Gasteiger partial charge >= 0.3 is 5.97 Å². The number of hydrogen-bond donors (Lipinski definition) is 4. The maximum Gasteiger partial charge on any atom is 0.303 e. The quantitative estimate of drug-likeness (QED) is 0.403. The molecule has 0 aliphatic heterocycles. The number of nitrogens with zero attached hydrogens (tertiary/aromatic N) is 2. The zero-order valence-electron chi connectivity index (χ0n) is 16.2. The number of carboxylic acid groups (broad SMARTS) is 1. The van der Waals surface area contributed by atoms with E-state index in [1.165, 1.54) is 0 Å². The molecule has 158 valence electrons. The van der Waals surface area contributed by atoms with Crippen molar-refractivity contribution in [2.45, 2.75) is 31.7 Å². The molecule has 2 rings (SSSR count). The van der Waals surface area contributed by atoms with E-state index in [0.29, 0.717) is 12.2 Å². The van der Waals surface area contributed by atoms with Gasteiger partial charge in [-0.2, -0.15) is 0 Å². The van der Waals surface area contributed by atoms with E-state index < -0.39 is 36.3 Å². The summed E-state index contributed by atoms with van der Waals surface area (Å²) in [5.74, 6) is -2.30. The minimum absolute atomic E-state index is 0.0998. The average Bonchev–Trinajstić information content (AvgIpc) is 2.74. The molecule has 2 aromatic rings. The molecule has 10 heteroatoms. The normalized spacial score (nSPS) is 11.3. The number of nitrogens with one attached hydrogen (secondary N) is 2. The van der Waals surface area contributed by atoms with Gasteiger partial charge in [-0.25, -0.2) is 9.97 Å². The summed E-state index contributed by atoms with van der Waals surface area (Å²) in [5, 5.41) is 13.6. The van der Waals surface area contributed by atoms with Gasteiger partial charge in [-0.15, -0.1) is 0 Å². The van der Waals surface area contributed by atoms with Gasteiger partial charge in [0.25, 0.3) is 0 Å². The van der Waals surface area contributed by atoms with Gasteiger partial charge in [0.2, 0.25) is 17.7 Å². The van der Waals surface area contributed by atoms with Gasteiger partial charge in [0.1, 0.15) is 6.04 Å². The van der Waals surface area contributed by atoms with E-state index in [4.69, 9.17) is 10.8 Å². The fraction of sp³-hybridized carbons (Fsp3) is 0.300. The molecule has 5 N–H and O–H groups in total. The van der Waals surface area contributed by atoms with Gasteiger partial charge in [-0.1, -0.05) is 24.3 Å². The third-order valence-electron chi connectivity index (χ3n) is 4.15. The third-order valence-corrected chi connectivity index (χ3v) is 4.15. The van der Waals surface area contributed by atoms with Gasteiger partial charge in [0.05, 0.1) is 6.54 Å². The first-order valence-corrected chi connectivity index (χ1v) is 9.28. The van der Waals surface area contributed by atoms with Gasteiger partial charge in [-0.3, -0.25) is 19.2 Å². The molecule has 1 aromatic carbocycles. The average molecular weight is 413 g/mol. The Hall–Kier alpha value is -3.82. The second kappa shape index (κ2) is 11.2. The smallest absolute Gasteiger partial charge is 0.303 e. The van der Waals surface area contributed by atoms with Crippen LogP contribution in [0.3, 0.4) is 0 Å². The molecule has 0 fully saturated rings. The minimum Gasteiger partial charge on any atom is -0.481 e. The van der Waals surface area contributed by atoms with Crippen LogP contribution in [0.2, 0.25) is 0 Å². The van der Waals surface area contributed by atoms with Crippen LogP contribution in [0.25, 0.3) is 11.4 Å². The molecule has 30 heavy (non-hydrogen) atoms. The van der Waals surface area contributed by atoms with Crippen molar-refractivity contribution in [3.05, 3.63) is 48.3 Å². The number of aryl methyl sites for hydroxylation is 1. The summed E-state index contributed by atoms with van der Waals surface area (Å²) >= 11 is 0. The van der Waals surface area contributed by atoms with E-state index in [1.807, 2.05) is 24.3 Å². The molecular formula is C20H23N5O5. The lowest BCUT2D eigenvalue weighted by Gasteiger charge is -2.17. The van der Waals surface area contributed by atoms with Crippen LogP contribution in [0.4, 0.5) is 0 Å². The van der Waals surface area contributed by atoms with Gasteiger partial charge in [0, 0.05) is 30.8 Å². The summed E-state index contributed by atoms with van der Waals surface area (Å²) in [4.78, 5) is 54.3. The van der Waals surface area contributed by atoms with Crippen molar-refractivity contribution in [1.29, 1.82) is 0 Å². The van der Waals surface area contributed by atoms with Crippen molar-refractivity contribution in [1.82, 2.24) is 20.6 Å². The largest absolute Gasteiger partial charge is 0.481 e. The summed E-state index contributed by atoms with van der Waals surface area (Å²) in [6.07, 6.45) is 3.43. The maximum absolute atomic E-state index is 12.3.